The lowest BCUT2D eigenvalue weighted by atomic mass is 9.33. The molecule has 0 unspecified atom stereocenters. The fraction of sp³-hybridized carbons (Fsp3) is 0.812. The predicted octanol–water partition coefficient (Wildman–Crippen LogP) is 7.55. The third-order valence-corrected chi connectivity index (χ3v) is 13.0. The summed E-state index contributed by atoms with van der Waals surface area (Å²) in [7, 11) is 1.53. The Balaban J connectivity index is 1.65. The number of aldehydes is 1. The van der Waals surface area contributed by atoms with Crippen LogP contribution in [0, 0.1) is 56.2 Å². The summed E-state index contributed by atoms with van der Waals surface area (Å²) in [5, 5.41) is 0. The predicted molar refractivity (Wildman–Crippen MR) is 141 cm³/mol. The molecule has 0 heterocycles. The van der Waals surface area contributed by atoms with Crippen LogP contribution in [0.2, 0.25) is 0 Å². The minimum absolute atomic E-state index is 0.0492. The summed E-state index contributed by atoms with van der Waals surface area (Å²) < 4.78 is 5.29. The molecule has 5 aliphatic carbocycles. The summed E-state index contributed by atoms with van der Waals surface area (Å²) in [5.74, 6) is 1.18. The largest absolute Gasteiger partial charge is 0.469 e. The van der Waals surface area contributed by atoms with Crippen LogP contribution in [0.4, 0.5) is 0 Å². The SMILES string of the molecule is COC(=O)[C@@]1(C)CC[C@]2(C)CC[C@]3(C)C(=C[C@@H](C=O)[C@@H]4[C@@]5(C)CC=CC(C)(C)[C@@H]5CC[C@]43C)[C@@H]2C1. The van der Waals surface area contributed by atoms with E-state index in [-0.39, 0.29) is 39.0 Å². The second-order valence-electron chi connectivity index (χ2n) is 15.1. The first-order valence-electron chi connectivity index (χ1n) is 14.1. The first-order valence-corrected chi connectivity index (χ1v) is 14.1. The zero-order valence-corrected chi connectivity index (χ0v) is 23.5. The van der Waals surface area contributed by atoms with Crippen LogP contribution in [-0.4, -0.2) is 19.4 Å². The molecule has 3 nitrogen and oxygen atoms in total. The highest BCUT2D eigenvalue weighted by Crippen LogP contribution is 2.75. The summed E-state index contributed by atoms with van der Waals surface area (Å²) in [4.78, 5) is 25.8. The minimum atomic E-state index is -0.436. The molecule has 194 valence electrons. The molecule has 0 aromatic rings. The van der Waals surface area contributed by atoms with E-state index in [2.05, 4.69) is 66.7 Å². The molecule has 0 aliphatic heterocycles. The van der Waals surface area contributed by atoms with Crippen molar-refractivity contribution in [1.82, 2.24) is 0 Å². The number of carbonyl (C=O) groups excluding carboxylic acids is 2. The Morgan fingerprint density at radius 2 is 1.69 bits per heavy atom. The van der Waals surface area contributed by atoms with Gasteiger partial charge in [0.25, 0.3) is 0 Å². The van der Waals surface area contributed by atoms with Crippen LogP contribution in [0.5, 0.6) is 0 Å². The van der Waals surface area contributed by atoms with Crippen LogP contribution in [-0.2, 0) is 14.3 Å². The van der Waals surface area contributed by atoms with E-state index in [9.17, 15) is 9.59 Å². The van der Waals surface area contributed by atoms with Crippen LogP contribution >= 0.6 is 0 Å². The van der Waals surface area contributed by atoms with Crippen molar-refractivity contribution >= 4 is 12.3 Å². The summed E-state index contributed by atoms with van der Waals surface area (Å²) in [5.41, 5.74) is 1.70. The number of hydrogen-bond acceptors (Lipinski definition) is 3. The van der Waals surface area contributed by atoms with Gasteiger partial charge in [-0.25, -0.2) is 0 Å². The van der Waals surface area contributed by atoms with Gasteiger partial charge in [-0.1, -0.05) is 65.3 Å². The van der Waals surface area contributed by atoms with E-state index < -0.39 is 5.41 Å². The fourth-order valence-electron chi connectivity index (χ4n) is 10.7. The Kier molecular flexibility index (Phi) is 5.47. The molecular weight excluding hydrogens is 432 g/mol. The molecule has 0 N–H and O–H groups in total. The lowest BCUT2D eigenvalue weighted by molar-refractivity contribution is -0.180. The van der Waals surface area contributed by atoms with Crippen molar-refractivity contribution in [3.05, 3.63) is 23.8 Å². The molecule has 9 atom stereocenters. The van der Waals surface area contributed by atoms with Crippen molar-refractivity contribution in [3.63, 3.8) is 0 Å². The van der Waals surface area contributed by atoms with Gasteiger partial charge in [-0.2, -0.15) is 0 Å². The molecule has 0 aromatic heterocycles. The van der Waals surface area contributed by atoms with Gasteiger partial charge in [0, 0.05) is 5.92 Å². The normalized spacial score (nSPS) is 52.2. The Morgan fingerprint density at radius 1 is 1.00 bits per heavy atom. The van der Waals surface area contributed by atoms with E-state index in [0.717, 1.165) is 25.7 Å². The molecule has 3 heteroatoms. The van der Waals surface area contributed by atoms with Gasteiger partial charge in [0.1, 0.15) is 6.29 Å². The number of carbonyl (C=O) groups is 2. The van der Waals surface area contributed by atoms with Crippen LogP contribution < -0.4 is 0 Å². The summed E-state index contributed by atoms with van der Waals surface area (Å²) >= 11 is 0. The quantitative estimate of drug-likeness (QED) is 0.233. The maximum atomic E-state index is 12.9. The zero-order valence-electron chi connectivity index (χ0n) is 23.5. The number of esters is 1. The molecule has 0 amide bonds. The fourth-order valence-corrected chi connectivity index (χ4v) is 10.7. The monoisotopic (exact) mass is 480 g/mol. The van der Waals surface area contributed by atoms with Crippen LogP contribution in [0.25, 0.3) is 0 Å². The highest BCUT2D eigenvalue weighted by atomic mass is 16.5. The molecule has 0 radical (unpaired) electrons. The minimum Gasteiger partial charge on any atom is -0.469 e. The smallest absolute Gasteiger partial charge is 0.311 e. The summed E-state index contributed by atoms with van der Waals surface area (Å²) in [6, 6.07) is 0. The maximum absolute atomic E-state index is 12.9. The number of allylic oxidation sites excluding steroid dienone is 4. The lowest BCUT2D eigenvalue weighted by Gasteiger charge is -2.71. The second kappa shape index (κ2) is 7.57. The van der Waals surface area contributed by atoms with Crippen molar-refractivity contribution in [2.75, 3.05) is 7.11 Å². The molecule has 0 bridgehead atoms. The Bertz CT molecular complexity index is 991. The Labute approximate surface area is 213 Å². The van der Waals surface area contributed by atoms with Gasteiger partial charge < -0.3 is 9.53 Å². The number of ether oxygens (including phenoxy) is 1. The van der Waals surface area contributed by atoms with Crippen molar-refractivity contribution in [2.24, 2.45) is 56.2 Å². The highest BCUT2D eigenvalue weighted by molar-refractivity contribution is 5.76. The second-order valence-corrected chi connectivity index (χ2v) is 15.1. The van der Waals surface area contributed by atoms with Gasteiger partial charge in [0.2, 0.25) is 0 Å². The van der Waals surface area contributed by atoms with E-state index in [4.69, 9.17) is 4.74 Å². The molecule has 3 saturated carbocycles. The molecule has 0 aromatic carbocycles. The molecule has 5 rings (SSSR count). The standard InChI is InChI=1S/C32H48O3/c1-27(2)11-9-12-30(5)24(27)10-13-32(7)25(30)21(20-33)18-22-23-19-29(4,26(34)35-8)15-14-28(23,3)16-17-31(22,32)6/h9,11,18,20-21,23-25H,10,12-17,19H2,1-8H3/t21-,23-,24-,25+,28+,29-,30-,31+,32+/m0/s1. The van der Waals surface area contributed by atoms with Gasteiger partial charge in [0.05, 0.1) is 12.5 Å². The van der Waals surface area contributed by atoms with Crippen LogP contribution in [0.3, 0.4) is 0 Å². The van der Waals surface area contributed by atoms with E-state index in [1.54, 1.807) is 0 Å². The van der Waals surface area contributed by atoms with Gasteiger partial charge in [-0.05, 0) is 103 Å². The average Bonchev–Trinajstić information content (AvgIpc) is 2.79. The van der Waals surface area contributed by atoms with Crippen molar-refractivity contribution in [3.8, 4) is 0 Å². The van der Waals surface area contributed by atoms with E-state index in [0.29, 0.717) is 17.8 Å². The Hall–Kier alpha value is -1.38. The maximum Gasteiger partial charge on any atom is 0.311 e. The third-order valence-electron chi connectivity index (χ3n) is 13.0. The molecule has 35 heavy (non-hydrogen) atoms. The van der Waals surface area contributed by atoms with Crippen molar-refractivity contribution in [1.29, 1.82) is 0 Å². The first-order chi connectivity index (χ1) is 16.2. The number of hydrogen-bond donors (Lipinski definition) is 0. The zero-order chi connectivity index (χ0) is 25.7. The van der Waals surface area contributed by atoms with Gasteiger partial charge in [0.15, 0.2) is 0 Å². The van der Waals surface area contributed by atoms with Gasteiger partial charge >= 0.3 is 5.97 Å². The van der Waals surface area contributed by atoms with Crippen molar-refractivity contribution < 1.29 is 14.3 Å². The molecule has 0 spiro atoms. The number of fused-ring (bicyclic) bond motifs is 7. The number of rotatable bonds is 2. The van der Waals surface area contributed by atoms with Gasteiger partial charge in [-0.15, -0.1) is 0 Å². The molecule has 5 aliphatic rings. The topological polar surface area (TPSA) is 43.4 Å². The first kappa shape index (κ1) is 25.3. The highest BCUT2D eigenvalue weighted by Gasteiger charge is 2.69. The van der Waals surface area contributed by atoms with E-state index in [1.807, 2.05) is 0 Å². The van der Waals surface area contributed by atoms with Crippen molar-refractivity contribution in [2.45, 2.75) is 99.8 Å². The van der Waals surface area contributed by atoms with Crippen LogP contribution in [0.15, 0.2) is 23.8 Å². The Morgan fingerprint density at radius 3 is 2.34 bits per heavy atom. The summed E-state index contributed by atoms with van der Waals surface area (Å²) in [6.45, 7) is 16.9. The molecule has 0 saturated heterocycles. The average molecular weight is 481 g/mol. The third kappa shape index (κ3) is 3.14. The van der Waals surface area contributed by atoms with E-state index >= 15 is 0 Å². The molecule has 3 fully saturated rings. The lowest BCUT2D eigenvalue weighted by Crippen LogP contribution is -2.64. The van der Waals surface area contributed by atoms with E-state index in [1.165, 1.54) is 44.7 Å². The summed E-state index contributed by atoms with van der Waals surface area (Å²) in [6.07, 6.45) is 17.3. The molecular formula is C32H48O3. The van der Waals surface area contributed by atoms with Gasteiger partial charge in [-0.3, -0.25) is 4.79 Å². The van der Waals surface area contributed by atoms with Crippen LogP contribution in [0.1, 0.15) is 99.8 Å². The number of methoxy groups -OCH3 is 1.